The molecular formula is C19H23N3O. The molecule has 0 radical (unpaired) electrons. The van der Waals surface area contributed by atoms with Gasteiger partial charge in [0.25, 0.3) is 0 Å². The van der Waals surface area contributed by atoms with Crippen molar-refractivity contribution < 1.29 is 4.74 Å². The maximum atomic E-state index is 6.33. The third-order valence-corrected chi connectivity index (χ3v) is 5.13. The molecule has 0 bridgehead atoms. The Morgan fingerprint density at radius 2 is 2.00 bits per heavy atom. The van der Waals surface area contributed by atoms with E-state index in [1.807, 2.05) is 13.0 Å². The Hall–Kier alpha value is -1.94. The van der Waals surface area contributed by atoms with E-state index in [4.69, 9.17) is 4.74 Å². The second kappa shape index (κ2) is 5.93. The first-order chi connectivity index (χ1) is 11.2. The SMILES string of the molecule is Cc1ccc(N2CCCC3(CC(c4ccccc4)CO3)C2)nn1. The van der Waals surface area contributed by atoms with Crippen LogP contribution >= 0.6 is 0 Å². The van der Waals surface area contributed by atoms with Crippen molar-refractivity contribution in [3.63, 3.8) is 0 Å². The molecule has 120 valence electrons. The molecule has 4 heteroatoms. The van der Waals surface area contributed by atoms with E-state index in [2.05, 4.69) is 51.5 Å². The number of hydrogen-bond acceptors (Lipinski definition) is 4. The van der Waals surface area contributed by atoms with Crippen LogP contribution in [0, 0.1) is 6.92 Å². The fourth-order valence-corrected chi connectivity index (χ4v) is 3.92. The molecule has 23 heavy (non-hydrogen) atoms. The van der Waals surface area contributed by atoms with Gasteiger partial charge in [-0.05, 0) is 43.9 Å². The Kier molecular flexibility index (Phi) is 3.77. The van der Waals surface area contributed by atoms with E-state index in [0.717, 1.165) is 50.5 Å². The lowest BCUT2D eigenvalue weighted by molar-refractivity contribution is -0.00667. The summed E-state index contributed by atoms with van der Waals surface area (Å²) in [6, 6.07) is 14.9. The second-order valence-electron chi connectivity index (χ2n) is 6.86. The average Bonchev–Trinajstić information content (AvgIpc) is 3.00. The molecule has 2 aliphatic heterocycles. The van der Waals surface area contributed by atoms with Gasteiger partial charge in [0.05, 0.1) is 17.9 Å². The number of anilines is 1. The molecule has 0 aliphatic carbocycles. The highest BCUT2D eigenvalue weighted by atomic mass is 16.5. The van der Waals surface area contributed by atoms with Crippen LogP contribution in [0.5, 0.6) is 0 Å². The first-order valence-corrected chi connectivity index (χ1v) is 8.48. The summed E-state index contributed by atoms with van der Waals surface area (Å²) < 4.78 is 6.33. The zero-order valence-electron chi connectivity index (χ0n) is 13.6. The molecule has 2 saturated heterocycles. The third kappa shape index (κ3) is 2.95. The first-order valence-electron chi connectivity index (χ1n) is 8.48. The number of aryl methyl sites for hydroxylation is 1. The number of piperidine rings is 1. The van der Waals surface area contributed by atoms with Gasteiger partial charge in [-0.2, -0.15) is 5.10 Å². The van der Waals surface area contributed by atoms with Gasteiger partial charge in [0.15, 0.2) is 5.82 Å². The predicted octanol–water partition coefficient (Wildman–Crippen LogP) is 3.33. The van der Waals surface area contributed by atoms with Crippen LogP contribution in [0.4, 0.5) is 5.82 Å². The van der Waals surface area contributed by atoms with Gasteiger partial charge in [-0.3, -0.25) is 0 Å². The molecule has 2 unspecified atom stereocenters. The second-order valence-corrected chi connectivity index (χ2v) is 6.86. The Labute approximate surface area is 137 Å². The van der Waals surface area contributed by atoms with Gasteiger partial charge >= 0.3 is 0 Å². The quantitative estimate of drug-likeness (QED) is 0.853. The van der Waals surface area contributed by atoms with E-state index in [1.54, 1.807) is 0 Å². The smallest absolute Gasteiger partial charge is 0.151 e. The molecule has 2 fully saturated rings. The Balaban J connectivity index is 1.50. The van der Waals surface area contributed by atoms with Gasteiger partial charge < -0.3 is 9.64 Å². The monoisotopic (exact) mass is 309 g/mol. The number of ether oxygens (including phenoxy) is 1. The molecular weight excluding hydrogens is 286 g/mol. The largest absolute Gasteiger partial charge is 0.372 e. The van der Waals surface area contributed by atoms with Crippen LogP contribution in [-0.4, -0.2) is 35.5 Å². The summed E-state index contributed by atoms with van der Waals surface area (Å²) in [6.45, 7) is 4.77. The zero-order valence-corrected chi connectivity index (χ0v) is 13.6. The molecule has 1 aromatic heterocycles. The molecule has 1 aromatic carbocycles. The Bertz CT molecular complexity index is 658. The van der Waals surface area contributed by atoms with Crippen LogP contribution in [0.25, 0.3) is 0 Å². The highest BCUT2D eigenvalue weighted by Gasteiger charge is 2.44. The normalized spacial score (nSPS) is 27.5. The fourth-order valence-electron chi connectivity index (χ4n) is 3.92. The number of rotatable bonds is 2. The van der Waals surface area contributed by atoms with Crippen molar-refractivity contribution in [1.82, 2.24) is 10.2 Å². The molecule has 4 nitrogen and oxygen atoms in total. The summed E-state index contributed by atoms with van der Waals surface area (Å²) >= 11 is 0. The van der Waals surface area contributed by atoms with Gasteiger partial charge in [-0.15, -0.1) is 5.10 Å². The van der Waals surface area contributed by atoms with Crippen LogP contribution in [0.15, 0.2) is 42.5 Å². The van der Waals surface area contributed by atoms with Gasteiger partial charge in [0, 0.05) is 19.0 Å². The number of benzene rings is 1. The highest BCUT2D eigenvalue weighted by molar-refractivity contribution is 5.39. The summed E-state index contributed by atoms with van der Waals surface area (Å²) in [6.07, 6.45) is 3.40. The fraction of sp³-hybridized carbons (Fsp3) is 0.474. The molecule has 0 N–H and O–H groups in total. The van der Waals surface area contributed by atoms with Crippen LogP contribution < -0.4 is 4.90 Å². The number of aromatic nitrogens is 2. The van der Waals surface area contributed by atoms with Crippen molar-refractivity contribution >= 4 is 5.82 Å². The highest BCUT2D eigenvalue weighted by Crippen LogP contribution is 2.42. The van der Waals surface area contributed by atoms with E-state index >= 15 is 0 Å². The maximum Gasteiger partial charge on any atom is 0.151 e. The van der Waals surface area contributed by atoms with Crippen molar-refractivity contribution in [2.75, 3.05) is 24.6 Å². The van der Waals surface area contributed by atoms with E-state index in [1.165, 1.54) is 5.56 Å². The maximum absolute atomic E-state index is 6.33. The Morgan fingerprint density at radius 1 is 1.13 bits per heavy atom. The van der Waals surface area contributed by atoms with Crippen LogP contribution in [0.1, 0.15) is 36.4 Å². The minimum absolute atomic E-state index is 0.0225. The molecule has 0 amide bonds. The lowest BCUT2D eigenvalue weighted by Gasteiger charge is -2.40. The van der Waals surface area contributed by atoms with Gasteiger partial charge in [0.2, 0.25) is 0 Å². The van der Waals surface area contributed by atoms with Crippen molar-refractivity contribution in [3.05, 3.63) is 53.7 Å². The topological polar surface area (TPSA) is 38.2 Å². The van der Waals surface area contributed by atoms with E-state index in [9.17, 15) is 0 Å². The molecule has 1 spiro atoms. The van der Waals surface area contributed by atoms with Crippen molar-refractivity contribution in [2.45, 2.75) is 37.7 Å². The molecule has 2 aromatic rings. The summed E-state index contributed by atoms with van der Waals surface area (Å²) in [5, 5.41) is 8.55. The van der Waals surface area contributed by atoms with E-state index < -0.39 is 0 Å². The molecule has 4 rings (SSSR count). The Morgan fingerprint density at radius 3 is 2.78 bits per heavy atom. The lowest BCUT2D eigenvalue weighted by Crippen LogP contribution is -2.48. The van der Waals surface area contributed by atoms with Gasteiger partial charge in [-0.1, -0.05) is 30.3 Å². The molecule has 2 aliphatic rings. The lowest BCUT2D eigenvalue weighted by atomic mass is 9.84. The standard InChI is InChI=1S/C19H23N3O/c1-15-8-9-18(21-20-15)22-11-5-10-19(14-22)12-17(13-23-19)16-6-3-2-4-7-16/h2-4,6-9,17H,5,10-14H2,1H3. The number of nitrogens with zero attached hydrogens (tertiary/aromatic N) is 3. The van der Waals surface area contributed by atoms with Crippen molar-refractivity contribution in [1.29, 1.82) is 0 Å². The molecule has 2 atom stereocenters. The van der Waals surface area contributed by atoms with Crippen molar-refractivity contribution in [3.8, 4) is 0 Å². The third-order valence-electron chi connectivity index (χ3n) is 5.13. The molecule has 0 saturated carbocycles. The van der Waals surface area contributed by atoms with E-state index in [0.29, 0.717) is 5.92 Å². The van der Waals surface area contributed by atoms with Crippen LogP contribution in [0.3, 0.4) is 0 Å². The van der Waals surface area contributed by atoms with Crippen LogP contribution in [-0.2, 0) is 4.74 Å². The summed E-state index contributed by atoms with van der Waals surface area (Å²) in [5.74, 6) is 1.49. The minimum Gasteiger partial charge on any atom is -0.372 e. The van der Waals surface area contributed by atoms with Gasteiger partial charge in [0.1, 0.15) is 0 Å². The molecule has 3 heterocycles. The predicted molar refractivity (Wildman–Crippen MR) is 90.7 cm³/mol. The first kappa shape index (κ1) is 14.6. The number of hydrogen-bond donors (Lipinski definition) is 0. The summed E-state index contributed by atoms with van der Waals surface area (Å²) in [4.78, 5) is 2.34. The van der Waals surface area contributed by atoms with Crippen molar-refractivity contribution in [2.24, 2.45) is 0 Å². The summed E-state index contributed by atoms with van der Waals surface area (Å²) in [7, 11) is 0. The average molecular weight is 309 g/mol. The van der Waals surface area contributed by atoms with Gasteiger partial charge in [-0.25, -0.2) is 0 Å². The minimum atomic E-state index is -0.0225. The summed E-state index contributed by atoms with van der Waals surface area (Å²) in [5.41, 5.74) is 2.34. The van der Waals surface area contributed by atoms with Crippen LogP contribution in [0.2, 0.25) is 0 Å². The van der Waals surface area contributed by atoms with E-state index in [-0.39, 0.29) is 5.60 Å². The zero-order chi connectivity index (χ0) is 15.7.